The highest BCUT2D eigenvalue weighted by Gasteiger charge is 2.23. The molecule has 0 radical (unpaired) electrons. The summed E-state index contributed by atoms with van der Waals surface area (Å²) < 4.78 is 25.7. The first-order valence-electron chi connectivity index (χ1n) is 5.49. The summed E-state index contributed by atoms with van der Waals surface area (Å²) in [6, 6.07) is 4.72. The predicted octanol–water partition coefficient (Wildman–Crippen LogP) is 1.52. The van der Waals surface area contributed by atoms with E-state index in [9.17, 15) is 8.42 Å². The van der Waals surface area contributed by atoms with Crippen LogP contribution in [0.25, 0.3) is 0 Å². The maximum absolute atomic E-state index is 12.2. The summed E-state index contributed by atoms with van der Waals surface area (Å²) in [6.45, 7) is 5.33. The third-order valence-electron chi connectivity index (χ3n) is 2.90. The number of aryl methyl sites for hydroxylation is 1. The fourth-order valence-corrected chi connectivity index (χ4v) is 2.84. The Morgan fingerprint density at radius 2 is 1.94 bits per heavy atom. The normalized spacial score (nSPS) is 12.4. The molecule has 96 valence electrons. The molecule has 1 rings (SSSR count). The Bertz CT molecular complexity index is 494. The Morgan fingerprint density at radius 1 is 1.35 bits per heavy atom. The maximum atomic E-state index is 12.2. The van der Waals surface area contributed by atoms with E-state index in [1.807, 2.05) is 20.8 Å². The van der Waals surface area contributed by atoms with Crippen molar-refractivity contribution >= 4 is 10.0 Å². The summed E-state index contributed by atoms with van der Waals surface area (Å²) in [5, 5.41) is 9.15. The first-order chi connectivity index (χ1) is 7.80. The van der Waals surface area contributed by atoms with Gasteiger partial charge in [0.25, 0.3) is 0 Å². The quantitative estimate of drug-likeness (QED) is 0.889. The van der Waals surface area contributed by atoms with E-state index in [0.29, 0.717) is 5.56 Å². The highest BCUT2D eigenvalue weighted by Crippen LogP contribution is 2.20. The minimum atomic E-state index is -3.47. The molecule has 0 bridgehead atoms. The second-order valence-electron chi connectivity index (χ2n) is 4.36. The van der Waals surface area contributed by atoms with E-state index in [-0.39, 0.29) is 17.5 Å². The number of hydrogen-bond donors (Lipinski definition) is 1. The molecule has 0 aliphatic rings. The van der Waals surface area contributed by atoms with E-state index in [1.54, 1.807) is 19.2 Å². The molecular formula is C12H19NO3S. The minimum Gasteiger partial charge on any atom is -0.392 e. The molecule has 0 aliphatic heterocycles. The van der Waals surface area contributed by atoms with E-state index in [0.717, 1.165) is 5.56 Å². The minimum absolute atomic E-state index is 0.0983. The molecule has 4 nitrogen and oxygen atoms in total. The van der Waals surface area contributed by atoms with Gasteiger partial charge in [-0.1, -0.05) is 6.07 Å². The van der Waals surface area contributed by atoms with Crippen molar-refractivity contribution in [2.45, 2.75) is 38.3 Å². The number of benzene rings is 1. The van der Waals surface area contributed by atoms with E-state index < -0.39 is 10.0 Å². The second-order valence-corrected chi connectivity index (χ2v) is 6.36. The van der Waals surface area contributed by atoms with Gasteiger partial charge in [-0.2, -0.15) is 4.31 Å². The van der Waals surface area contributed by atoms with Gasteiger partial charge in [0.2, 0.25) is 10.0 Å². The van der Waals surface area contributed by atoms with Crippen molar-refractivity contribution < 1.29 is 13.5 Å². The molecule has 0 saturated heterocycles. The molecule has 17 heavy (non-hydrogen) atoms. The molecule has 5 heteroatoms. The molecule has 0 aliphatic carbocycles. The van der Waals surface area contributed by atoms with Crippen LogP contribution in [0.2, 0.25) is 0 Å². The van der Waals surface area contributed by atoms with Crippen LogP contribution in [-0.4, -0.2) is 30.9 Å². The first-order valence-corrected chi connectivity index (χ1v) is 6.93. The van der Waals surface area contributed by atoms with Crippen LogP contribution in [0.4, 0.5) is 0 Å². The third kappa shape index (κ3) is 2.86. The highest BCUT2D eigenvalue weighted by molar-refractivity contribution is 7.89. The van der Waals surface area contributed by atoms with Crippen LogP contribution in [0.15, 0.2) is 23.1 Å². The second kappa shape index (κ2) is 5.16. The maximum Gasteiger partial charge on any atom is 0.243 e. The van der Waals surface area contributed by atoms with Gasteiger partial charge in [0.1, 0.15) is 0 Å². The molecule has 0 unspecified atom stereocenters. The molecule has 0 heterocycles. The molecular weight excluding hydrogens is 238 g/mol. The number of nitrogens with zero attached hydrogens (tertiary/aromatic N) is 1. The third-order valence-corrected chi connectivity index (χ3v) is 4.92. The van der Waals surface area contributed by atoms with Crippen LogP contribution in [0.1, 0.15) is 25.0 Å². The van der Waals surface area contributed by atoms with Crippen LogP contribution in [0.3, 0.4) is 0 Å². The average Bonchev–Trinajstić information content (AvgIpc) is 2.28. The van der Waals surface area contributed by atoms with E-state index >= 15 is 0 Å². The number of aliphatic hydroxyl groups excluding tert-OH is 1. The molecule has 1 N–H and O–H groups in total. The Balaban J connectivity index is 3.25. The zero-order valence-electron chi connectivity index (χ0n) is 10.6. The Labute approximate surface area is 103 Å². The van der Waals surface area contributed by atoms with Crippen molar-refractivity contribution in [2.75, 3.05) is 7.05 Å². The first kappa shape index (κ1) is 14.2. The van der Waals surface area contributed by atoms with Crippen LogP contribution < -0.4 is 0 Å². The molecule has 1 aromatic rings. The average molecular weight is 257 g/mol. The lowest BCUT2D eigenvalue weighted by atomic mass is 10.1. The van der Waals surface area contributed by atoms with E-state index in [2.05, 4.69) is 0 Å². The number of rotatable bonds is 4. The van der Waals surface area contributed by atoms with Gasteiger partial charge in [-0.15, -0.1) is 0 Å². The summed E-state index contributed by atoms with van der Waals surface area (Å²) in [6.07, 6.45) is 0. The summed E-state index contributed by atoms with van der Waals surface area (Å²) in [7, 11) is -1.91. The van der Waals surface area contributed by atoms with Crippen molar-refractivity contribution in [3.8, 4) is 0 Å². The van der Waals surface area contributed by atoms with Gasteiger partial charge >= 0.3 is 0 Å². The highest BCUT2D eigenvalue weighted by atomic mass is 32.2. The van der Waals surface area contributed by atoms with Gasteiger partial charge in [-0.05, 0) is 44.0 Å². The van der Waals surface area contributed by atoms with Gasteiger partial charge in [0.05, 0.1) is 11.5 Å². The predicted molar refractivity (Wildman–Crippen MR) is 67.2 cm³/mol. The molecule has 0 amide bonds. The monoisotopic (exact) mass is 257 g/mol. The van der Waals surface area contributed by atoms with Crippen molar-refractivity contribution in [2.24, 2.45) is 0 Å². The van der Waals surface area contributed by atoms with Crippen molar-refractivity contribution in [3.05, 3.63) is 29.3 Å². The molecule has 0 aromatic heterocycles. The Hall–Kier alpha value is -0.910. The molecule has 1 aromatic carbocycles. The lowest BCUT2D eigenvalue weighted by Gasteiger charge is -2.21. The zero-order chi connectivity index (χ0) is 13.2. The van der Waals surface area contributed by atoms with Crippen molar-refractivity contribution in [1.82, 2.24) is 4.31 Å². The summed E-state index contributed by atoms with van der Waals surface area (Å²) in [5.41, 5.74) is 1.53. The zero-order valence-corrected chi connectivity index (χ0v) is 11.5. The fourth-order valence-electron chi connectivity index (χ4n) is 1.42. The molecule has 0 atom stereocenters. The van der Waals surface area contributed by atoms with Crippen LogP contribution in [0, 0.1) is 6.92 Å². The lowest BCUT2D eigenvalue weighted by Crippen LogP contribution is -2.33. The van der Waals surface area contributed by atoms with Crippen LogP contribution in [0.5, 0.6) is 0 Å². The molecule has 0 fully saturated rings. The van der Waals surface area contributed by atoms with Gasteiger partial charge < -0.3 is 5.11 Å². The molecule has 0 saturated carbocycles. The SMILES string of the molecule is Cc1ccc(S(=O)(=O)N(C)C(C)C)cc1CO. The Kier molecular flexibility index (Phi) is 4.30. The summed E-state index contributed by atoms with van der Waals surface area (Å²) >= 11 is 0. The van der Waals surface area contributed by atoms with Crippen LogP contribution in [-0.2, 0) is 16.6 Å². The van der Waals surface area contributed by atoms with Crippen molar-refractivity contribution in [1.29, 1.82) is 0 Å². The fraction of sp³-hybridized carbons (Fsp3) is 0.500. The standard InChI is InChI=1S/C12H19NO3S/c1-9(2)13(4)17(15,16)12-6-5-10(3)11(7-12)8-14/h5-7,9,14H,8H2,1-4H3. The lowest BCUT2D eigenvalue weighted by molar-refractivity contribution is 0.280. The van der Waals surface area contributed by atoms with Gasteiger partial charge in [-0.25, -0.2) is 8.42 Å². The van der Waals surface area contributed by atoms with Gasteiger partial charge in [-0.3, -0.25) is 0 Å². The number of hydrogen-bond acceptors (Lipinski definition) is 3. The van der Waals surface area contributed by atoms with E-state index in [4.69, 9.17) is 5.11 Å². The smallest absolute Gasteiger partial charge is 0.243 e. The number of sulfonamides is 1. The topological polar surface area (TPSA) is 57.6 Å². The van der Waals surface area contributed by atoms with Gasteiger partial charge in [0.15, 0.2) is 0 Å². The van der Waals surface area contributed by atoms with Crippen LogP contribution >= 0.6 is 0 Å². The Morgan fingerprint density at radius 3 is 2.41 bits per heavy atom. The number of aliphatic hydroxyl groups is 1. The van der Waals surface area contributed by atoms with Gasteiger partial charge in [0, 0.05) is 13.1 Å². The van der Waals surface area contributed by atoms with Crippen molar-refractivity contribution in [3.63, 3.8) is 0 Å². The summed E-state index contributed by atoms with van der Waals surface area (Å²) in [5.74, 6) is 0. The molecule has 0 spiro atoms. The summed E-state index contributed by atoms with van der Waals surface area (Å²) in [4.78, 5) is 0.225. The van der Waals surface area contributed by atoms with E-state index in [1.165, 1.54) is 10.4 Å². The largest absolute Gasteiger partial charge is 0.392 e.